The van der Waals surface area contributed by atoms with Crippen molar-refractivity contribution >= 4 is 42.8 Å². The molecular formula is C16H12F2N2O4S3. The van der Waals surface area contributed by atoms with E-state index in [4.69, 9.17) is 0 Å². The van der Waals surface area contributed by atoms with Gasteiger partial charge >= 0.3 is 0 Å². The van der Waals surface area contributed by atoms with Gasteiger partial charge in [0, 0.05) is 11.4 Å². The van der Waals surface area contributed by atoms with Gasteiger partial charge in [0.15, 0.2) is 11.6 Å². The highest BCUT2D eigenvalue weighted by atomic mass is 32.2. The van der Waals surface area contributed by atoms with Gasteiger partial charge in [0.25, 0.3) is 20.0 Å². The van der Waals surface area contributed by atoms with Crippen LogP contribution in [0.3, 0.4) is 0 Å². The number of benzene rings is 2. The highest BCUT2D eigenvalue weighted by Gasteiger charge is 2.18. The lowest BCUT2D eigenvalue weighted by atomic mass is 10.3. The van der Waals surface area contributed by atoms with E-state index in [0.717, 1.165) is 17.4 Å². The van der Waals surface area contributed by atoms with E-state index < -0.39 is 36.6 Å². The molecule has 0 atom stereocenters. The molecular weight excluding hydrogens is 418 g/mol. The molecule has 3 rings (SSSR count). The average Bonchev–Trinajstić information content (AvgIpc) is 3.14. The predicted octanol–water partition coefficient (Wildman–Crippen LogP) is 3.63. The van der Waals surface area contributed by atoms with Gasteiger partial charge in [0.05, 0.1) is 4.90 Å². The largest absolute Gasteiger partial charge is 0.280 e. The second kappa shape index (κ2) is 7.25. The van der Waals surface area contributed by atoms with Gasteiger partial charge in [-0.25, -0.2) is 25.6 Å². The quantitative estimate of drug-likeness (QED) is 0.625. The molecule has 11 heteroatoms. The number of nitrogens with one attached hydrogen (secondary N) is 2. The summed E-state index contributed by atoms with van der Waals surface area (Å²) in [5.41, 5.74) is 0.359. The molecule has 2 aromatic carbocycles. The summed E-state index contributed by atoms with van der Waals surface area (Å²) >= 11 is 1.06. The molecule has 1 heterocycles. The van der Waals surface area contributed by atoms with Crippen molar-refractivity contribution in [1.82, 2.24) is 0 Å². The molecule has 142 valence electrons. The molecule has 0 aliphatic carbocycles. The molecule has 0 radical (unpaired) electrons. The molecule has 0 unspecified atom stereocenters. The Bertz CT molecular complexity index is 1160. The molecule has 2 N–H and O–H groups in total. The zero-order chi connectivity index (χ0) is 19.7. The number of sulfonamides is 2. The summed E-state index contributed by atoms with van der Waals surface area (Å²) in [4.78, 5) is -0.441. The van der Waals surface area contributed by atoms with Gasteiger partial charge < -0.3 is 0 Å². The van der Waals surface area contributed by atoms with Crippen LogP contribution in [0, 0.1) is 11.6 Å². The highest BCUT2D eigenvalue weighted by molar-refractivity contribution is 7.94. The second-order valence-electron chi connectivity index (χ2n) is 5.30. The van der Waals surface area contributed by atoms with Crippen LogP contribution in [0.1, 0.15) is 0 Å². The van der Waals surface area contributed by atoms with Gasteiger partial charge in [-0.3, -0.25) is 9.44 Å². The van der Waals surface area contributed by atoms with Crippen LogP contribution in [0.2, 0.25) is 0 Å². The van der Waals surface area contributed by atoms with Crippen molar-refractivity contribution < 1.29 is 25.6 Å². The highest BCUT2D eigenvalue weighted by Crippen LogP contribution is 2.23. The Morgan fingerprint density at radius 2 is 1.33 bits per heavy atom. The first kappa shape index (κ1) is 19.3. The van der Waals surface area contributed by atoms with E-state index in [2.05, 4.69) is 9.44 Å². The molecule has 0 bridgehead atoms. The lowest BCUT2D eigenvalue weighted by Gasteiger charge is -2.10. The van der Waals surface area contributed by atoms with E-state index in [9.17, 15) is 25.6 Å². The fraction of sp³-hybridized carbons (Fsp3) is 0. The third-order valence-corrected chi connectivity index (χ3v) is 7.51. The molecule has 6 nitrogen and oxygen atoms in total. The molecule has 0 amide bonds. The smallest absolute Gasteiger partial charge is 0.271 e. The van der Waals surface area contributed by atoms with Crippen LogP contribution in [-0.2, 0) is 20.0 Å². The van der Waals surface area contributed by atoms with Crippen molar-refractivity contribution in [3.05, 3.63) is 71.6 Å². The first-order valence-electron chi connectivity index (χ1n) is 7.32. The first-order chi connectivity index (χ1) is 12.7. The minimum atomic E-state index is -4.13. The van der Waals surface area contributed by atoms with Crippen LogP contribution in [0.5, 0.6) is 0 Å². The number of hydrogen-bond acceptors (Lipinski definition) is 5. The summed E-state index contributed by atoms with van der Waals surface area (Å²) in [6, 6.07) is 10.7. The van der Waals surface area contributed by atoms with Crippen LogP contribution < -0.4 is 9.44 Å². The normalized spacial score (nSPS) is 11.9. The van der Waals surface area contributed by atoms with Gasteiger partial charge in [-0.2, -0.15) is 0 Å². The van der Waals surface area contributed by atoms with Crippen LogP contribution >= 0.6 is 11.3 Å². The lowest BCUT2D eigenvalue weighted by Crippen LogP contribution is -2.14. The first-order valence-corrected chi connectivity index (χ1v) is 11.2. The molecule has 27 heavy (non-hydrogen) atoms. The second-order valence-corrected chi connectivity index (χ2v) is 9.84. The zero-order valence-corrected chi connectivity index (χ0v) is 15.8. The van der Waals surface area contributed by atoms with Crippen molar-refractivity contribution in [2.75, 3.05) is 9.44 Å². The molecule has 0 spiro atoms. The molecule has 0 aliphatic rings. The Labute approximate surface area is 158 Å². The Hall–Kier alpha value is -2.50. The molecule has 1 aromatic heterocycles. The van der Waals surface area contributed by atoms with Crippen molar-refractivity contribution in [3.8, 4) is 0 Å². The van der Waals surface area contributed by atoms with Crippen molar-refractivity contribution in [3.63, 3.8) is 0 Å². The zero-order valence-electron chi connectivity index (χ0n) is 13.4. The maximum absolute atomic E-state index is 13.2. The summed E-state index contributed by atoms with van der Waals surface area (Å²) in [5, 5.41) is 1.63. The summed E-state index contributed by atoms with van der Waals surface area (Å²) in [6.07, 6.45) is 0. The Morgan fingerprint density at radius 1 is 0.741 bits per heavy atom. The fourth-order valence-corrected chi connectivity index (χ4v) is 5.21. The summed E-state index contributed by atoms with van der Waals surface area (Å²) < 4.78 is 79.6. The minimum Gasteiger partial charge on any atom is -0.280 e. The van der Waals surface area contributed by atoms with E-state index in [1.54, 1.807) is 11.4 Å². The van der Waals surface area contributed by atoms with Gasteiger partial charge in [-0.05, 0) is 53.9 Å². The number of rotatable bonds is 6. The van der Waals surface area contributed by atoms with Gasteiger partial charge in [-0.15, -0.1) is 11.3 Å². The van der Waals surface area contributed by atoms with E-state index in [1.807, 2.05) is 0 Å². The van der Waals surface area contributed by atoms with E-state index in [0.29, 0.717) is 12.1 Å². The topological polar surface area (TPSA) is 92.3 Å². The fourth-order valence-electron chi connectivity index (χ4n) is 2.09. The Morgan fingerprint density at radius 3 is 1.85 bits per heavy atom. The Kier molecular flexibility index (Phi) is 5.18. The SMILES string of the molecule is O=S(=O)(Nc1ccc(NS(=O)(=O)c2cccs2)cc1)c1ccc(F)c(F)c1. The number of thiophene rings is 1. The molecule has 0 saturated carbocycles. The summed E-state index contributed by atoms with van der Waals surface area (Å²) in [5.74, 6) is -2.44. The lowest BCUT2D eigenvalue weighted by molar-refractivity contribution is 0.504. The maximum Gasteiger partial charge on any atom is 0.271 e. The van der Waals surface area contributed by atoms with Crippen LogP contribution in [0.4, 0.5) is 20.2 Å². The van der Waals surface area contributed by atoms with Crippen LogP contribution in [-0.4, -0.2) is 16.8 Å². The third kappa shape index (κ3) is 4.43. The van der Waals surface area contributed by atoms with Crippen molar-refractivity contribution in [2.45, 2.75) is 9.10 Å². The van der Waals surface area contributed by atoms with E-state index >= 15 is 0 Å². The van der Waals surface area contributed by atoms with Crippen molar-refractivity contribution in [2.24, 2.45) is 0 Å². The molecule has 0 saturated heterocycles. The van der Waals surface area contributed by atoms with Crippen LogP contribution in [0.15, 0.2) is 69.1 Å². The molecule has 0 aliphatic heterocycles. The van der Waals surface area contributed by atoms with Gasteiger partial charge in [-0.1, -0.05) is 6.07 Å². The monoisotopic (exact) mass is 430 g/mol. The number of hydrogen-bond donors (Lipinski definition) is 2. The Balaban J connectivity index is 1.76. The van der Waals surface area contributed by atoms with Gasteiger partial charge in [0.1, 0.15) is 4.21 Å². The number of halogens is 2. The van der Waals surface area contributed by atoms with E-state index in [-0.39, 0.29) is 15.6 Å². The molecule has 3 aromatic rings. The third-order valence-electron chi connectivity index (χ3n) is 3.35. The van der Waals surface area contributed by atoms with Gasteiger partial charge in [0.2, 0.25) is 0 Å². The summed E-state index contributed by atoms with van der Waals surface area (Å²) in [7, 11) is -7.85. The standard InChI is InChI=1S/C16H12F2N2O4S3/c17-14-8-7-13(10-15(14)18)26(21,22)19-11-3-5-12(6-4-11)20-27(23,24)16-2-1-9-25-16/h1-10,19-20H. The minimum absolute atomic E-state index is 0.124. The number of anilines is 2. The molecule has 0 fully saturated rings. The summed E-state index contributed by atoms with van der Waals surface area (Å²) in [6.45, 7) is 0. The van der Waals surface area contributed by atoms with Crippen LogP contribution in [0.25, 0.3) is 0 Å². The predicted molar refractivity (Wildman–Crippen MR) is 98.7 cm³/mol. The van der Waals surface area contributed by atoms with E-state index in [1.165, 1.54) is 30.3 Å². The average molecular weight is 430 g/mol. The maximum atomic E-state index is 13.2. The van der Waals surface area contributed by atoms with Crippen molar-refractivity contribution in [1.29, 1.82) is 0 Å².